The van der Waals surface area contributed by atoms with Crippen molar-refractivity contribution in [1.29, 1.82) is 0 Å². The molecular weight excluding hydrogens is 516 g/mol. The molecular formula is C18H22N10O6S2. The standard InChI is InChI=1S/C18H22N10O6S2/c29-9(5-7-13(31)23-15(33)19-7)21-17-27-25-11(35-17)3-1-2-4-12-26-28-18(36-12)22-10(30)6-8-14(32)24-16(34)20-8/h7,15,19,32-33H,1-6H2,(H,23,31)(H2,20,24,34)(H,21,27,29)(H,22,28,30). The van der Waals surface area contributed by atoms with Crippen molar-refractivity contribution in [3.63, 3.8) is 0 Å². The number of imidazole rings is 1. The summed E-state index contributed by atoms with van der Waals surface area (Å²) in [7, 11) is 0. The van der Waals surface area contributed by atoms with Crippen molar-refractivity contribution >= 4 is 50.7 Å². The van der Waals surface area contributed by atoms with Crippen LogP contribution in [-0.2, 0) is 33.6 Å². The monoisotopic (exact) mass is 538 g/mol. The van der Waals surface area contributed by atoms with Crippen LogP contribution >= 0.6 is 22.7 Å². The number of aromatic amines is 2. The van der Waals surface area contributed by atoms with E-state index in [1.54, 1.807) is 0 Å². The maximum absolute atomic E-state index is 12.1. The number of rotatable bonds is 11. The Labute approximate surface area is 210 Å². The number of aromatic hydroxyl groups is 1. The molecule has 18 heteroatoms. The molecule has 1 saturated heterocycles. The molecule has 1 aliphatic rings. The van der Waals surface area contributed by atoms with Crippen LogP contribution in [0.15, 0.2) is 4.79 Å². The van der Waals surface area contributed by atoms with E-state index < -0.39 is 35.8 Å². The smallest absolute Gasteiger partial charge is 0.325 e. The van der Waals surface area contributed by atoms with E-state index in [1.807, 2.05) is 0 Å². The molecule has 36 heavy (non-hydrogen) atoms. The number of aromatic nitrogens is 6. The van der Waals surface area contributed by atoms with Gasteiger partial charge in [0.15, 0.2) is 6.35 Å². The Hall–Kier alpha value is -3.74. The van der Waals surface area contributed by atoms with Crippen molar-refractivity contribution in [3.05, 3.63) is 26.2 Å². The molecule has 3 amide bonds. The summed E-state index contributed by atoms with van der Waals surface area (Å²) >= 11 is 2.47. The van der Waals surface area contributed by atoms with E-state index in [0.717, 1.165) is 22.9 Å². The third-order valence-electron chi connectivity index (χ3n) is 4.92. The Morgan fingerprint density at radius 1 is 0.917 bits per heavy atom. The van der Waals surface area contributed by atoms with Crippen molar-refractivity contribution in [2.45, 2.75) is 50.9 Å². The quantitative estimate of drug-likeness (QED) is 0.131. The van der Waals surface area contributed by atoms with Crippen LogP contribution in [0.25, 0.3) is 0 Å². The second-order valence-electron chi connectivity index (χ2n) is 7.72. The average molecular weight is 539 g/mol. The molecule has 2 atom stereocenters. The Bertz CT molecular complexity index is 1300. The van der Waals surface area contributed by atoms with Gasteiger partial charge in [0.2, 0.25) is 33.9 Å². The number of nitrogens with zero attached hydrogens (tertiary/aromatic N) is 4. The van der Waals surface area contributed by atoms with Crippen LogP contribution < -0.4 is 27.0 Å². The number of nitrogens with one attached hydrogen (secondary N) is 6. The van der Waals surface area contributed by atoms with E-state index in [0.29, 0.717) is 23.1 Å². The second-order valence-corrected chi connectivity index (χ2v) is 9.85. The number of anilines is 2. The molecule has 0 aliphatic carbocycles. The molecule has 4 heterocycles. The number of carbonyl (C=O) groups excluding carboxylic acids is 3. The van der Waals surface area contributed by atoms with E-state index >= 15 is 0 Å². The largest absolute Gasteiger partial charge is 0.493 e. The summed E-state index contributed by atoms with van der Waals surface area (Å²) in [6.07, 6.45) is 1.33. The Morgan fingerprint density at radius 2 is 1.53 bits per heavy atom. The third-order valence-corrected chi connectivity index (χ3v) is 6.72. The highest BCUT2D eigenvalue weighted by Crippen LogP contribution is 2.21. The number of aryl methyl sites for hydroxylation is 2. The van der Waals surface area contributed by atoms with E-state index in [4.69, 9.17) is 0 Å². The molecule has 1 aliphatic heterocycles. The molecule has 3 aromatic rings. The van der Waals surface area contributed by atoms with Gasteiger partial charge in [0.25, 0.3) is 0 Å². The molecule has 0 aromatic carbocycles. The SMILES string of the molecule is O=C(Cc1[nH]c(=O)[nH]c1O)Nc1nnc(CCCCc2nnc(NC(=O)CC3NC(O)NC3=O)s2)s1. The lowest BCUT2D eigenvalue weighted by Crippen LogP contribution is -2.35. The number of unbranched alkanes of at least 4 members (excludes halogenated alkanes) is 1. The normalized spacial score (nSPS) is 17.2. The van der Waals surface area contributed by atoms with Crippen molar-refractivity contribution in [3.8, 4) is 5.88 Å². The Morgan fingerprint density at radius 3 is 2.06 bits per heavy atom. The zero-order chi connectivity index (χ0) is 25.7. The van der Waals surface area contributed by atoms with Crippen molar-refractivity contribution in [2.24, 2.45) is 0 Å². The topological polar surface area (TPSA) is 240 Å². The highest BCUT2D eigenvalue weighted by Gasteiger charge is 2.31. The van der Waals surface area contributed by atoms with Crippen LogP contribution in [0.2, 0.25) is 0 Å². The van der Waals surface area contributed by atoms with Crippen LogP contribution in [0.1, 0.15) is 35.0 Å². The van der Waals surface area contributed by atoms with Gasteiger partial charge in [-0.15, -0.1) is 20.4 Å². The molecule has 4 rings (SSSR count). The van der Waals surface area contributed by atoms with Gasteiger partial charge in [-0.25, -0.2) is 4.79 Å². The zero-order valence-corrected chi connectivity index (χ0v) is 20.2. The van der Waals surface area contributed by atoms with Gasteiger partial charge < -0.3 is 31.1 Å². The first kappa shape index (κ1) is 25.4. The maximum Gasteiger partial charge on any atom is 0.325 e. The fraction of sp³-hybridized carbons (Fsp3) is 0.444. The molecule has 0 saturated carbocycles. The van der Waals surface area contributed by atoms with Crippen molar-refractivity contribution in [1.82, 2.24) is 41.0 Å². The number of hydrogen-bond acceptors (Lipinski definition) is 13. The van der Waals surface area contributed by atoms with Crippen LogP contribution in [0.4, 0.5) is 10.3 Å². The fourth-order valence-electron chi connectivity index (χ4n) is 3.28. The highest BCUT2D eigenvalue weighted by atomic mass is 32.1. The molecule has 1 fully saturated rings. The first-order chi connectivity index (χ1) is 17.2. The number of carbonyl (C=O) groups is 3. The minimum atomic E-state index is -1.16. The summed E-state index contributed by atoms with van der Waals surface area (Å²) in [6.45, 7) is 0. The van der Waals surface area contributed by atoms with Gasteiger partial charge in [-0.05, 0) is 12.8 Å². The summed E-state index contributed by atoms with van der Waals surface area (Å²) in [6, 6.07) is -0.806. The van der Waals surface area contributed by atoms with Gasteiger partial charge in [0, 0.05) is 12.8 Å². The van der Waals surface area contributed by atoms with E-state index in [1.165, 1.54) is 22.7 Å². The summed E-state index contributed by atoms with van der Waals surface area (Å²) in [5.74, 6) is -1.70. The van der Waals surface area contributed by atoms with Crippen molar-refractivity contribution < 1.29 is 24.6 Å². The van der Waals surface area contributed by atoms with Gasteiger partial charge in [0.05, 0.1) is 24.6 Å². The molecule has 0 spiro atoms. The van der Waals surface area contributed by atoms with E-state index in [9.17, 15) is 29.4 Å². The molecule has 192 valence electrons. The van der Waals surface area contributed by atoms with Crippen LogP contribution in [0.3, 0.4) is 0 Å². The van der Waals surface area contributed by atoms with Crippen LogP contribution in [-0.4, -0.2) is 70.7 Å². The molecule has 2 unspecified atom stereocenters. The zero-order valence-electron chi connectivity index (χ0n) is 18.5. The van der Waals surface area contributed by atoms with E-state index in [-0.39, 0.29) is 24.4 Å². The van der Waals surface area contributed by atoms with Crippen molar-refractivity contribution in [2.75, 3.05) is 10.6 Å². The average Bonchev–Trinajstić information content (AvgIpc) is 3.56. The van der Waals surface area contributed by atoms with Gasteiger partial charge >= 0.3 is 5.69 Å². The fourth-order valence-corrected chi connectivity index (χ4v) is 4.87. The highest BCUT2D eigenvalue weighted by molar-refractivity contribution is 7.15. The number of H-pyrrole nitrogens is 2. The molecule has 0 radical (unpaired) electrons. The van der Waals surface area contributed by atoms with Gasteiger partial charge in [-0.2, -0.15) is 0 Å². The summed E-state index contributed by atoms with van der Waals surface area (Å²) in [5.41, 5.74) is -0.517. The second kappa shape index (κ2) is 11.3. The number of aliphatic hydroxyl groups is 1. The Balaban J connectivity index is 1.15. The summed E-state index contributed by atoms with van der Waals surface area (Å²) < 4.78 is 0. The number of hydrogen-bond donors (Lipinski definition) is 8. The molecule has 16 nitrogen and oxygen atoms in total. The van der Waals surface area contributed by atoms with Gasteiger partial charge in [-0.3, -0.25) is 24.7 Å². The minimum Gasteiger partial charge on any atom is -0.493 e. The predicted molar refractivity (Wildman–Crippen MR) is 126 cm³/mol. The molecule has 3 aromatic heterocycles. The lowest BCUT2D eigenvalue weighted by atomic mass is 10.2. The third kappa shape index (κ3) is 6.90. The first-order valence-corrected chi connectivity index (χ1v) is 12.4. The van der Waals surface area contributed by atoms with Crippen LogP contribution in [0.5, 0.6) is 5.88 Å². The van der Waals surface area contributed by atoms with Gasteiger partial charge in [-0.1, -0.05) is 22.7 Å². The minimum absolute atomic E-state index is 0.0831. The first-order valence-electron chi connectivity index (χ1n) is 10.7. The molecule has 8 N–H and O–H groups in total. The maximum atomic E-state index is 12.1. The lowest BCUT2D eigenvalue weighted by Gasteiger charge is -2.06. The van der Waals surface area contributed by atoms with Crippen LogP contribution in [0, 0.1) is 0 Å². The number of aliphatic hydroxyl groups excluding tert-OH is 1. The Kier molecular flexibility index (Phi) is 7.98. The molecule has 0 bridgehead atoms. The number of amides is 3. The van der Waals surface area contributed by atoms with Gasteiger partial charge in [0.1, 0.15) is 10.0 Å². The lowest BCUT2D eigenvalue weighted by molar-refractivity contribution is -0.124. The summed E-state index contributed by atoms with van der Waals surface area (Å²) in [5, 5.41) is 46.9. The predicted octanol–water partition coefficient (Wildman–Crippen LogP) is -1.45. The summed E-state index contributed by atoms with van der Waals surface area (Å²) in [4.78, 5) is 51.3. The van der Waals surface area contributed by atoms with E-state index in [2.05, 4.69) is 51.6 Å².